The third kappa shape index (κ3) is 5.44. The monoisotopic (exact) mass is 250 g/mol. The van der Waals surface area contributed by atoms with Crippen molar-refractivity contribution in [3.8, 4) is 0 Å². The van der Waals surface area contributed by atoms with Crippen molar-refractivity contribution in [2.24, 2.45) is 0 Å². The molecule has 1 aromatic rings. The van der Waals surface area contributed by atoms with Crippen molar-refractivity contribution < 1.29 is 27.1 Å². The molecular formula is C11H10F4O2. The van der Waals surface area contributed by atoms with Crippen LogP contribution in [-0.2, 0) is 4.74 Å². The summed E-state index contributed by atoms with van der Waals surface area (Å²) in [7, 11) is 0. The Morgan fingerprint density at radius 1 is 1.29 bits per heavy atom. The molecule has 0 spiro atoms. The van der Waals surface area contributed by atoms with E-state index in [9.17, 15) is 22.4 Å². The zero-order valence-corrected chi connectivity index (χ0v) is 8.76. The summed E-state index contributed by atoms with van der Waals surface area (Å²) in [5.74, 6) is -1.13. The van der Waals surface area contributed by atoms with Crippen LogP contribution in [-0.4, -0.2) is 25.2 Å². The number of alkyl halides is 3. The Balaban J connectivity index is 2.36. The van der Waals surface area contributed by atoms with E-state index in [-0.39, 0.29) is 5.56 Å². The van der Waals surface area contributed by atoms with E-state index in [2.05, 4.69) is 4.74 Å². The highest BCUT2D eigenvalue weighted by atomic mass is 19.4. The lowest BCUT2D eigenvalue weighted by atomic mass is 10.1. The van der Waals surface area contributed by atoms with Crippen LogP contribution >= 0.6 is 0 Å². The highest BCUT2D eigenvalue weighted by Crippen LogP contribution is 2.19. The first-order valence-corrected chi connectivity index (χ1v) is 4.82. The van der Waals surface area contributed by atoms with Crippen LogP contribution in [0.4, 0.5) is 17.6 Å². The Kier molecular flexibility index (Phi) is 4.62. The molecule has 0 saturated heterocycles. The van der Waals surface area contributed by atoms with Crippen LogP contribution in [0.5, 0.6) is 0 Å². The minimum absolute atomic E-state index is 0.0806. The first-order valence-electron chi connectivity index (χ1n) is 4.82. The van der Waals surface area contributed by atoms with E-state index in [1.165, 1.54) is 18.2 Å². The van der Waals surface area contributed by atoms with Crippen molar-refractivity contribution in [2.45, 2.75) is 12.6 Å². The molecule has 0 saturated carbocycles. The Morgan fingerprint density at radius 3 is 2.59 bits per heavy atom. The van der Waals surface area contributed by atoms with E-state index < -0.39 is 37.4 Å². The van der Waals surface area contributed by atoms with Crippen LogP contribution < -0.4 is 0 Å². The first kappa shape index (κ1) is 13.6. The summed E-state index contributed by atoms with van der Waals surface area (Å²) in [6.45, 7) is -1.07. The summed E-state index contributed by atoms with van der Waals surface area (Å²) < 4.78 is 52.5. The van der Waals surface area contributed by atoms with Gasteiger partial charge in [-0.1, -0.05) is 12.1 Å². The molecule has 0 aliphatic rings. The maximum Gasteiger partial charge on any atom is 0.391 e. The summed E-state index contributed by atoms with van der Waals surface area (Å²) in [5.41, 5.74) is 0.0806. The van der Waals surface area contributed by atoms with E-state index in [0.717, 1.165) is 6.07 Å². The lowest BCUT2D eigenvalue weighted by Crippen LogP contribution is -2.15. The lowest BCUT2D eigenvalue weighted by Gasteiger charge is -2.06. The molecule has 0 unspecified atom stereocenters. The molecule has 2 nitrogen and oxygen atoms in total. The number of ketones is 1. The first-order chi connectivity index (χ1) is 7.88. The smallest absolute Gasteiger partial charge is 0.373 e. The van der Waals surface area contributed by atoms with Gasteiger partial charge in [-0.15, -0.1) is 0 Å². The highest BCUT2D eigenvalue weighted by Gasteiger charge is 2.26. The van der Waals surface area contributed by atoms with Gasteiger partial charge in [-0.25, -0.2) is 4.39 Å². The third-order valence-electron chi connectivity index (χ3n) is 1.91. The Labute approximate surface area is 95.2 Å². The molecule has 6 heteroatoms. The van der Waals surface area contributed by atoms with E-state index in [0.29, 0.717) is 0 Å². The third-order valence-corrected chi connectivity index (χ3v) is 1.91. The minimum atomic E-state index is -4.30. The predicted octanol–water partition coefficient (Wildman–Crippen LogP) is 2.98. The molecular weight excluding hydrogens is 240 g/mol. The second kappa shape index (κ2) is 5.77. The van der Waals surface area contributed by atoms with Crippen LogP contribution in [0, 0.1) is 5.82 Å². The number of carbonyl (C=O) groups excluding carboxylic acids is 1. The predicted molar refractivity (Wildman–Crippen MR) is 52.2 cm³/mol. The number of rotatable bonds is 5. The molecule has 0 fully saturated rings. The van der Waals surface area contributed by atoms with E-state index in [1.807, 2.05) is 0 Å². The van der Waals surface area contributed by atoms with Crippen LogP contribution in [0.15, 0.2) is 24.3 Å². The van der Waals surface area contributed by atoms with Gasteiger partial charge in [0.25, 0.3) is 0 Å². The molecule has 0 N–H and O–H groups in total. The van der Waals surface area contributed by atoms with Gasteiger partial charge >= 0.3 is 6.18 Å². The zero-order valence-electron chi connectivity index (χ0n) is 8.76. The largest absolute Gasteiger partial charge is 0.391 e. The molecule has 0 radical (unpaired) electrons. The standard InChI is InChI=1S/C11H10F4O2/c12-9-3-1-2-8(6-9)10(16)7-17-5-4-11(13,14)15/h1-3,6H,4-5,7H2. The molecule has 17 heavy (non-hydrogen) atoms. The molecule has 0 bridgehead atoms. The van der Waals surface area contributed by atoms with E-state index >= 15 is 0 Å². The van der Waals surface area contributed by atoms with Crippen molar-refractivity contribution >= 4 is 5.78 Å². The van der Waals surface area contributed by atoms with Crippen LogP contribution in [0.1, 0.15) is 16.8 Å². The van der Waals surface area contributed by atoms with Crippen molar-refractivity contribution in [3.63, 3.8) is 0 Å². The number of carbonyl (C=O) groups is 1. The Hall–Kier alpha value is -1.43. The molecule has 1 rings (SSSR count). The number of ether oxygens (including phenoxy) is 1. The fourth-order valence-electron chi connectivity index (χ4n) is 1.10. The van der Waals surface area contributed by atoms with Gasteiger partial charge in [0.1, 0.15) is 12.4 Å². The SMILES string of the molecule is O=C(COCCC(F)(F)F)c1cccc(F)c1. The fourth-order valence-corrected chi connectivity index (χ4v) is 1.10. The normalized spacial score (nSPS) is 11.5. The molecule has 0 heterocycles. The van der Waals surface area contributed by atoms with Crippen molar-refractivity contribution in [3.05, 3.63) is 35.6 Å². The lowest BCUT2D eigenvalue weighted by molar-refractivity contribution is -0.144. The summed E-state index contributed by atoms with van der Waals surface area (Å²) in [5, 5.41) is 0. The van der Waals surface area contributed by atoms with Crippen molar-refractivity contribution in [1.29, 1.82) is 0 Å². The average Bonchev–Trinajstić information content (AvgIpc) is 2.23. The van der Waals surface area contributed by atoms with E-state index in [1.54, 1.807) is 0 Å². The second-order valence-electron chi connectivity index (χ2n) is 3.35. The van der Waals surface area contributed by atoms with Gasteiger partial charge in [-0.3, -0.25) is 4.79 Å². The molecule has 0 atom stereocenters. The molecule has 1 aromatic carbocycles. The fraction of sp³-hybridized carbons (Fsp3) is 0.364. The number of hydrogen-bond donors (Lipinski definition) is 0. The Bertz CT molecular complexity index is 387. The highest BCUT2D eigenvalue weighted by molar-refractivity contribution is 5.97. The summed E-state index contributed by atoms with van der Waals surface area (Å²) in [4.78, 5) is 11.3. The van der Waals surface area contributed by atoms with Gasteiger partial charge in [0, 0.05) is 5.56 Å². The Morgan fingerprint density at radius 2 is 2.00 bits per heavy atom. The van der Waals surface area contributed by atoms with Gasteiger partial charge < -0.3 is 4.74 Å². The summed E-state index contributed by atoms with van der Waals surface area (Å²) in [6.07, 6.45) is -5.41. The van der Waals surface area contributed by atoms with Crippen molar-refractivity contribution in [2.75, 3.05) is 13.2 Å². The van der Waals surface area contributed by atoms with Crippen LogP contribution in [0.3, 0.4) is 0 Å². The molecule has 0 amide bonds. The molecule has 94 valence electrons. The molecule has 0 aromatic heterocycles. The summed E-state index contributed by atoms with van der Waals surface area (Å²) >= 11 is 0. The maximum absolute atomic E-state index is 12.7. The maximum atomic E-state index is 12.7. The summed E-state index contributed by atoms with van der Waals surface area (Å²) in [6, 6.07) is 4.90. The number of hydrogen-bond acceptors (Lipinski definition) is 2. The van der Waals surface area contributed by atoms with E-state index in [4.69, 9.17) is 0 Å². The van der Waals surface area contributed by atoms with Gasteiger partial charge in [0.05, 0.1) is 13.0 Å². The van der Waals surface area contributed by atoms with Crippen LogP contribution in [0.25, 0.3) is 0 Å². The number of Topliss-reactive ketones (excluding diaryl/α,β-unsaturated/α-hetero) is 1. The van der Waals surface area contributed by atoms with Crippen LogP contribution in [0.2, 0.25) is 0 Å². The number of benzene rings is 1. The second-order valence-corrected chi connectivity index (χ2v) is 3.35. The zero-order chi connectivity index (χ0) is 12.9. The van der Waals surface area contributed by atoms with Gasteiger partial charge in [-0.05, 0) is 12.1 Å². The van der Waals surface area contributed by atoms with Gasteiger partial charge in [0.2, 0.25) is 0 Å². The van der Waals surface area contributed by atoms with Gasteiger partial charge in [-0.2, -0.15) is 13.2 Å². The quantitative estimate of drug-likeness (QED) is 0.456. The minimum Gasteiger partial charge on any atom is -0.373 e. The number of halogens is 4. The molecule has 0 aliphatic heterocycles. The topological polar surface area (TPSA) is 26.3 Å². The molecule has 0 aliphatic carbocycles. The van der Waals surface area contributed by atoms with Gasteiger partial charge in [0.15, 0.2) is 5.78 Å². The van der Waals surface area contributed by atoms with Crippen molar-refractivity contribution in [1.82, 2.24) is 0 Å². The average molecular weight is 250 g/mol.